The van der Waals surface area contributed by atoms with Crippen molar-refractivity contribution in [2.75, 3.05) is 12.8 Å². The molecular weight excluding hydrogens is 182 g/mol. The Bertz CT molecular complexity index is 76.2. The van der Waals surface area contributed by atoms with Gasteiger partial charge in [0.25, 0.3) is 0 Å². The fourth-order valence-electron chi connectivity index (χ4n) is 1.48. The Hall–Kier alpha value is 0.360. The second-order valence-corrected chi connectivity index (χ2v) is 4.24. The van der Waals surface area contributed by atoms with Gasteiger partial charge >= 0.3 is 0 Å². The molecule has 0 saturated heterocycles. The van der Waals surface area contributed by atoms with Crippen molar-refractivity contribution in [2.45, 2.75) is 57.8 Å². The molecule has 1 atom stereocenters. The van der Waals surface area contributed by atoms with Crippen LogP contribution in [0.5, 0.6) is 0 Å². The molecule has 0 aliphatic heterocycles. The molecule has 0 rings (SSSR count). The lowest BCUT2D eigenvalue weighted by molar-refractivity contribution is 0.449. The minimum atomic E-state index is -0.131. The van der Waals surface area contributed by atoms with Gasteiger partial charge in [0, 0.05) is 0 Å². The van der Waals surface area contributed by atoms with Crippen LogP contribution in [0.15, 0.2) is 0 Å². The molecule has 80 valence electrons. The molecule has 0 saturated carbocycles. The van der Waals surface area contributed by atoms with E-state index in [1.165, 1.54) is 51.1 Å². The van der Waals surface area contributed by atoms with Gasteiger partial charge in [-0.15, -0.1) is 9.24 Å². The molecule has 0 aromatic rings. The van der Waals surface area contributed by atoms with Gasteiger partial charge in [-0.25, -0.2) is 0 Å². The van der Waals surface area contributed by atoms with Crippen molar-refractivity contribution in [3.05, 3.63) is 0 Å². The predicted molar refractivity (Wildman–Crippen MR) is 62.1 cm³/mol. The number of hydrogen-bond donors (Lipinski definition) is 0. The molecule has 0 nitrogen and oxygen atoms in total. The summed E-state index contributed by atoms with van der Waals surface area (Å²) in [6.07, 6.45) is 12.5. The third kappa shape index (κ3) is 12.4. The molecule has 0 radical (unpaired) electrons. The summed E-state index contributed by atoms with van der Waals surface area (Å²) in [5, 5.41) is 0. The molecule has 1 unspecified atom stereocenters. The van der Waals surface area contributed by atoms with Crippen molar-refractivity contribution in [1.29, 1.82) is 0 Å². The Labute approximate surface area is 84.9 Å². The SMILES string of the molecule is FCCCCCCCCCCCP. The largest absolute Gasteiger partial charge is 0.251 e. The lowest BCUT2D eigenvalue weighted by Crippen LogP contribution is -1.82. The highest BCUT2D eigenvalue weighted by atomic mass is 31.0. The smallest absolute Gasteiger partial charge is 0.0894 e. The molecule has 0 aliphatic rings. The van der Waals surface area contributed by atoms with Crippen molar-refractivity contribution in [1.82, 2.24) is 0 Å². The standard InChI is InChI=1S/C11H24FP/c12-10-8-6-4-2-1-3-5-7-9-11-13/h1-11,13H2. The maximum atomic E-state index is 11.7. The quantitative estimate of drug-likeness (QED) is 0.368. The van der Waals surface area contributed by atoms with Gasteiger partial charge in [-0.1, -0.05) is 44.9 Å². The van der Waals surface area contributed by atoms with E-state index in [-0.39, 0.29) is 6.67 Å². The zero-order chi connectivity index (χ0) is 9.78. The lowest BCUT2D eigenvalue weighted by atomic mass is 10.1. The number of hydrogen-bond acceptors (Lipinski definition) is 0. The van der Waals surface area contributed by atoms with Crippen molar-refractivity contribution in [3.8, 4) is 0 Å². The molecule has 0 spiro atoms. The predicted octanol–water partition coefficient (Wildman–Crippen LogP) is 4.34. The molecular formula is C11H24FP. The zero-order valence-corrected chi connectivity index (χ0v) is 9.89. The minimum absolute atomic E-state index is 0.131. The molecule has 0 aromatic heterocycles. The van der Waals surface area contributed by atoms with Crippen LogP contribution in [-0.4, -0.2) is 12.8 Å². The number of rotatable bonds is 10. The van der Waals surface area contributed by atoms with E-state index in [2.05, 4.69) is 9.24 Å². The van der Waals surface area contributed by atoms with Crippen molar-refractivity contribution < 1.29 is 4.39 Å². The molecule has 0 N–H and O–H groups in total. The average molecular weight is 206 g/mol. The first-order valence-electron chi connectivity index (χ1n) is 5.68. The molecule has 0 bridgehead atoms. The summed E-state index contributed by atoms with van der Waals surface area (Å²) in [6, 6.07) is 0. The van der Waals surface area contributed by atoms with Crippen LogP contribution < -0.4 is 0 Å². The van der Waals surface area contributed by atoms with E-state index in [4.69, 9.17) is 0 Å². The van der Waals surface area contributed by atoms with Crippen LogP contribution in [0.2, 0.25) is 0 Å². The Morgan fingerprint density at radius 1 is 0.615 bits per heavy atom. The highest BCUT2D eigenvalue weighted by Gasteiger charge is 1.91. The first kappa shape index (κ1) is 13.4. The van der Waals surface area contributed by atoms with Gasteiger partial charge in [0.2, 0.25) is 0 Å². The highest BCUT2D eigenvalue weighted by Crippen LogP contribution is 2.10. The summed E-state index contributed by atoms with van der Waals surface area (Å²) < 4.78 is 11.7. The van der Waals surface area contributed by atoms with E-state index in [0.29, 0.717) is 0 Å². The van der Waals surface area contributed by atoms with E-state index in [9.17, 15) is 4.39 Å². The maximum absolute atomic E-state index is 11.7. The average Bonchev–Trinajstić information content (AvgIpc) is 2.16. The molecule has 0 fully saturated rings. The lowest BCUT2D eigenvalue weighted by Gasteiger charge is -2.00. The van der Waals surface area contributed by atoms with Crippen LogP contribution in [0, 0.1) is 0 Å². The van der Waals surface area contributed by atoms with Gasteiger partial charge in [0.1, 0.15) is 0 Å². The Kier molecular flexibility index (Phi) is 12.7. The first-order chi connectivity index (χ1) is 6.41. The van der Waals surface area contributed by atoms with Crippen LogP contribution in [0.4, 0.5) is 4.39 Å². The van der Waals surface area contributed by atoms with E-state index in [1.54, 1.807) is 0 Å². The molecule has 0 heterocycles. The van der Waals surface area contributed by atoms with Crippen molar-refractivity contribution in [2.24, 2.45) is 0 Å². The Balaban J connectivity index is 2.76. The van der Waals surface area contributed by atoms with Gasteiger partial charge in [-0.3, -0.25) is 4.39 Å². The minimum Gasteiger partial charge on any atom is -0.251 e. The molecule has 0 amide bonds. The Morgan fingerprint density at radius 2 is 1.00 bits per heavy atom. The van der Waals surface area contributed by atoms with Crippen LogP contribution in [0.25, 0.3) is 0 Å². The third-order valence-electron chi connectivity index (χ3n) is 2.34. The summed E-state index contributed by atoms with van der Waals surface area (Å²) in [5.74, 6) is 0. The molecule has 0 aliphatic carbocycles. The van der Waals surface area contributed by atoms with E-state index in [0.717, 1.165) is 12.8 Å². The second kappa shape index (κ2) is 12.4. The number of alkyl halides is 1. The van der Waals surface area contributed by atoms with Gasteiger partial charge < -0.3 is 0 Å². The second-order valence-electron chi connectivity index (χ2n) is 3.66. The van der Waals surface area contributed by atoms with E-state index < -0.39 is 0 Å². The first-order valence-corrected chi connectivity index (χ1v) is 6.49. The Morgan fingerprint density at radius 3 is 1.38 bits per heavy atom. The highest BCUT2D eigenvalue weighted by molar-refractivity contribution is 7.16. The fraction of sp³-hybridized carbons (Fsp3) is 1.00. The molecule has 0 aromatic carbocycles. The summed E-state index contributed by atoms with van der Waals surface area (Å²) in [5.41, 5.74) is 0. The monoisotopic (exact) mass is 206 g/mol. The summed E-state index contributed by atoms with van der Waals surface area (Å²) >= 11 is 0. The molecule has 13 heavy (non-hydrogen) atoms. The van der Waals surface area contributed by atoms with Gasteiger partial charge in [-0.2, -0.15) is 0 Å². The van der Waals surface area contributed by atoms with Crippen LogP contribution in [0.3, 0.4) is 0 Å². The van der Waals surface area contributed by atoms with Gasteiger partial charge in [-0.05, 0) is 19.0 Å². The summed E-state index contributed by atoms with van der Waals surface area (Å²) in [4.78, 5) is 0. The van der Waals surface area contributed by atoms with Gasteiger partial charge in [0.05, 0.1) is 6.67 Å². The van der Waals surface area contributed by atoms with Crippen LogP contribution in [-0.2, 0) is 0 Å². The van der Waals surface area contributed by atoms with Crippen molar-refractivity contribution in [3.63, 3.8) is 0 Å². The van der Waals surface area contributed by atoms with Crippen LogP contribution in [0.1, 0.15) is 57.8 Å². The van der Waals surface area contributed by atoms with Gasteiger partial charge in [0.15, 0.2) is 0 Å². The van der Waals surface area contributed by atoms with Crippen LogP contribution >= 0.6 is 9.24 Å². The zero-order valence-electron chi connectivity index (χ0n) is 8.73. The normalized spacial score (nSPS) is 10.6. The topological polar surface area (TPSA) is 0 Å². The van der Waals surface area contributed by atoms with E-state index >= 15 is 0 Å². The fourth-order valence-corrected chi connectivity index (χ4v) is 1.76. The van der Waals surface area contributed by atoms with Crippen molar-refractivity contribution >= 4 is 9.24 Å². The third-order valence-corrected chi connectivity index (χ3v) is 2.75. The number of unbranched alkanes of at least 4 members (excludes halogenated alkanes) is 8. The van der Waals surface area contributed by atoms with E-state index in [1.807, 2.05) is 0 Å². The molecule has 2 heteroatoms. The maximum Gasteiger partial charge on any atom is 0.0894 e. The summed E-state index contributed by atoms with van der Waals surface area (Å²) in [6.45, 7) is -0.131. The summed E-state index contributed by atoms with van der Waals surface area (Å²) in [7, 11) is 2.77. The number of halogens is 1.